The molecule has 0 saturated carbocycles. The Labute approximate surface area is 135 Å². The summed E-state index contributed by atoms with van der Waals surface area (Å²) in [5, 5.41) is 3.35. The van der Waals surface area contributed by atoms with Gasteiger partial charge < -0.3 is 15.8 Å². The monoisotopic (exact) mass is 324 g/mol. The van der Waals surface area contributed by atoms with Crippen LogP contribution in [0.2, 0.25) is 5.02 Å². The van der Waals surface area contributed by atoms with E-state index in [-0.39, 0.29) is 5.91 Å². The number of halogens is 1. The number of nitrogen functional groups attached to an aromatic ring is 1. The Morgan fingerprint density at radius 1 is 1.41 bits per heavy atom. The quantitative estimate of drug-likeness (QED) is 0.796. The number of piperazine rings is 3. The lowest BCUT2D eigenvalue weighted by Crippen LogP contribution is -2.63. The van der Waals surface area contributed by atoms with E-state index in [9.17, 15) is 4.79 Å². The Morgan fingerprint density at radius 3 is 2.73 bits per heavy atom. The van der Waals surface area contributed by atoms with Crippen molar-refractivity contribution in [2.75, 3.05) is 52.1 Å². The third kappa shape index (κ3) is 2.99. The molecule has 0 aromatic heterocycles. The summed E-state index contributed by atoms with van der Waals surface area (Å²) in [7, 11) is 1.51. The summed E-state index contributed by atoms with van der Waals surface area (Å²) in [4.78, 5) is 17.3. The molecule has 1 atom stereocenters. The minimum atomic E-state index is -0.184. The van der Waals surface area contributed by atoms with E-state index in [0.29, 0.717) is 34.6 Å². The van der Waals surface area contributed by atoms with Crippen molar-refractivity contribution < 1.29 is 9.53 Å². The summed E-state index contributed by atoms with van der Waals surface area (Å²) < 4.78 is 5.23. The van der Waals surface area contributed by atoms with Crippen LogP contribution < -0.4 is 15.8 Å². The largest absolute Gasteiger partial charge is 0.496 e. The van der Waals surface area contributed by atoms with Gasteiger partial charge in [0.15, 0.2) is 0 Å². The fraction of sp³-hybridized carbons (Fsp3) is 0.533. The van der Waals surface area contributed by atoms with Crippen LogP contribution >= 0.6 is 11.6 Å². The van der Waals surface area contributed by atoms with Crippen LogP contribution in [0.25, 0.3) is 0 Å². The first-order valence-corrected chi connectivity index (χ1v) is 7.84. The summed E-state index contributed by atoms with van der Waals surface area (Å²) in [6, 6.07) is 3.51. The predicted molar refractivity (Wildman–Crippen MR) is 86.6 cm³/mol. The van der Waals surface area contributed by atoms with Gasteiger partial charge in [-0.15, -0.1) is 0 Å². The number of fused-ring (bicyclic) bond motifs is 3. The van der Waals surface area contributed by atoms with Crippen LogP contribution in [0, 0.1) is 0 Å². The van der Waals surface area contributed by atoms with Crippen molar-refractivity contribution in [2.45, 2.75) is 6.04 Å². The minimum absolute atomic E-state index is 0.184. The normalized spacial score (nSPS) is 26.7. The van der Waals surface area contributed by atoms with Crippen LogP contribution in [0.1, 0.15) is 10.4 Å². The van der Waals surface area contributed by atoms with Gasteiger partial charge in [-0.1, -0.05) is 11.6 Å². The van der Waals surface area contributed by atoms with Crippen LogP contribution in [-0.2, 0) is 0 Å². The molecule has 0 spiro atoms. The number of nitrogens with two attached hydrogens (primary N) is 1. The van der Waals surface area contributed by atoms with Crippen LogP contribution in [-0.4, -0.2) is 68.1 Å². The highest BCUT2D eigenvalue weighted by atomic mass is 35.5. The van der Waals surface area contributed by atoms with Crippen molar-refractivity contribution in [2.24, 2.45) is 0 Å². The zero-order chi connectivity index (χ0) is 15.7. The maximum atomic E-state index is 12.4. The Kier molecular flexibility index (Phi) is 4.42. The number of rotatable bonds is 4. The highest BCUT2D eigenvalue weighted by molar-refractivity contribution is 6.33. The smallest absolute Gasteiger partial charge is 0.255 e. The van der Waals surface area contributed by atoms with Gasteiger partial charge in [-0.2, -0.15) is 0 Å². The second-order valence-corrected chi connectivity index (χ2v) is 6.18. The summed E-state index contributed by atoms with van der Waals surface area (Å²) in [5.74, 6) is 0.255. The van der Waals surface area contributed by atoms with Gasteiger partial charge in [-0.05, 0) is 6.07 Å². The molecule has 1 unspecified atom stereocenters. The van der Waals surface area contributed by atoms with E-state index in [1.807, 2.05) is 0 Å². The second kappa shape index (κ2) is 6.32. The lowest BCUT2D eigenvalue weighted by Gasteiger charge is -2.47. The fourth-order valence-corrected chi connectivity index (χ4v) is 3.30. The Balaban J connectivity index is 1.66. The van der Waals surface area contributed by atoms with Crippen molar-refractivity contribution in [3.63, 3.8) is 0 Å². The van der Waals surface area contributed by atoms with E-state index >= 15 is 0 Å². The molecule has 4 rings (SSSR count). The fourth-order valence-electron chi connectivity index (χ4n) is 3.14. The zero-order valence-corrected chi connectivity index (χ0v) is 13.4. The molecule has 3 aliphatic heterocycles. The van der Waals surface area contributed by atoms with Crippen LogP contribution in [0.15, 0.2) is 12.1 Å². The number of nitrogens with zero attached hydrogens (tertiary/aromatic N) is 2. The molecule has 3 aliphatic rings. The number of hydrogen-bond donors (Lipinski definition) is 2. The molecule has 1 amide bonds. The van der Waals surface area contributed by atoms with Crippen LogP contribution in [0.5, 0.6) is 5.75 Å². The molecule has 1 aromatic carbocycles. The molecule has 2 bridgehead atoms. The summed E-state index contributed by atoms with van der Waals surface area (Å²) in [6.07, 6.45) is 0. The topological polar surface area (TPSA) is 70.8 Å². The van der Waals surface area contributed by atoms with E-state index in [0.717, 1.165) is 32.7 Å². The summed E-state index contributed by atoms with van der Waals surface area (Å²) in [6.45, 7) is 6.06. The lowest BCUT2D eigenvalue weighted by molar-refractivity contribution is 0.0138. The number of carbonyl (C=O) groups excluding carboxylic acids is 1. The Bertz CT molecular complexity index is 573. The molecule has 3 fully saturated rings. The molecule has 3 heterocycles. The van der Waals surface area contributed by atoms with Gasteiger partial charge in [0.2, 0.25) is 0 Å². The first-order valence-electron chi connectivity index (χ1n) is 7.46. The molecule has 3 saturated heterocycles. The molecule has 120 valence electrons. The molecule has 6 nitrogen and oxygen atoms in total. The van der Waals surface area contributed by atoms with E-state index < -0.39 is 0 Å². The van der Waals surface area contributed by atoms with Crippen LogP contribution in [0.4, 0.5) is 5.69 Å². The number of methoxy groups -OCH3 is 1. The molecule has 1 aromatic rings. The van der Waals surface area contributed by atoms with Gasteiger partial charge in [-0.3, -0.25) is 14.6 Å². The van der Waals surface area contributed by atoms with E-state index in [1.54, 1.807) is 12.1 Å². The second-order valence-electron chi connectivity index (χ2n) is 5.77. The third-order valence-corrected chi connectivity index (χ3v) is 4.78. The van der Waals surface area contributed by atoms with Crippen molar-refractivity contribution in [3.05, 3.63) is 22.7 Å². The number of amides is 1. The maximum Gasteiger partial charge on any atom is 0.255 e. The summed E-state index contributed by atoms with van der Waals surface area (Å²) in [5.41, 5.74) is 6.56. The highest BCUT2D eigenvalue weighted by Crippen LogP contribution is 2.28. The van der Waals surface area contributed by atoms with Crippen molar-refractivity contribution in [3.8, 4) is 5.75 Å². The number of benzene rings is 1. The Hall–Kier alpha value is -1.50. The number of hydrogen-bond acceptors (Lipinski definition) is 5. The average Bonchev–Trinajstić information content (AvgIpc) is 2.55. The molecule has 22 heavy (non-hydrogen) atoms. The number of nitrogens with one attached hydrogen (secondary N) is 1. The maximum absolute atomic E-state index is 12.4. The number of ether oxygens (including phenoxy) is 1. The zero-order valence-electron chi connectivity index (χ0n) is 12.6. The van der Waals surface area contributed by atoms with Crippen molar-refractivity contribution >= 4 is 23.2 Å². The first-order chi connectivity index (χ1) is 10.6. The van der Waals surface area contributed by atoms with Gasteiger partial charge in [0.05, 0.1) is 23.4 Å². The molecule has 0 aliphatic carbocycles. The van der Waals surface area contributed by atoms with Crippen molar-refractivity contribution in [1.29, 1.82) is 0 Å². The number of anilines is 1. The van der Waals surface area contributed by atoms with E-state index in [1.165, 1.54) is 7.11 Å². The first kappa shape index (κ1) is 15.4. The van der Waals surface area contributed by atoms with Gasteiger partial charge in [0.1, 0.15) is 5.75 Å². The summed E-state index contributed by atoms with van der Waals surface area (Å²) >= 11 is 6.01. The van der Waals surface area contributed by atoms with Gasteiger partial charge >= 0.3 is 0 Å². The third-order valence-electron chi connectivity index (χ3n) is 4.45. The highest BCUT2D eigenvalue weighted by Gasteiger charge is 2.32. The minimum Gasteiger partial charge on any atom is -0.496 e. The SMILES string of the molecule is COc1cc(N)c(Cl)cc1C(=O)NCC1CN2CCN1CC2. The Morgan fingerprint density at radius 2 is 2.14 bits per heavy atom. The van der Waals surface area contributed by atoms with E-state index in [2.05, 4.69) is 15.1 Å². The predicted octanol–water partition coefficient (Wildman–Crippen LogP) is 0.660. The molecule has 3 N–H and O–H groups in total. The van der Waals surface area contributed by atoms with E-state index in [4.69, 9.17) is 22.1 Å². The van der Waals surface area contributed by atoms with Crippen molar-refractivity contribution in [1.82, 2.24) is 15.1 Å². The van der Waals surface area contributed by atoms with Gasteiger partial charge in [0.25, 0.3) is 5.91 Å². The van der Waals surface area contributed by atoms with Crippen LogP contribution in [0.3, 0.4) is 0 Å². The lowest BCUT2D eigenvalue weighted by atomic mass is 10.1. The number of carbonyl (C=O) groups is 1. The molecule has 7 heteroatoms. The van der Waals surface area contributed by atoms with Gasteiger partial charge in [-0.25, -0.2) is 0 Å². The standard InChI is InChI=1S/C15H21ClN4O2/c1-22-14-7-13(17)12(16)6-11(14)15(21)18-8-10-9-19-2-4-20(10)5-3-19/h6-7,10H,2-5,8-9,17H2,1H3,(H,18,21). The molecule has 0 radical (unpaired) electrons. The van der Waals surface area contributed by atoms with Gasteiger partial charge in [0, 0.05) is 51.4 Å². The average molecular weight is 325 g/mol. The molecular formula is C15H21ClN4O2. The molecular weight excluding hydrogens is 304 g/mol.